The van der Waals surface area contributed by atoms with E-state index in [1.807, 2.05) is 0 Å². The highest BCUT2D eigenvalue weighted by Crippen LogP contribution is 2.26. The number of anilines is 1. The topological polar surface area (TPSA) is 132 Å². The van der Waals surface area contributed by atoms with E-state index in [0.29, 0.717) is 54.2 Å². The summed E-state index contributed by atoms with van der Waals surface area (Å²) in [7, 11) is -3.29. The SMILES string of the molecule is CS(=O)(=O)c1ccc(-n2ncc3c(OC4CCN(C(=O)Nc5ccncc5)CC4)ncnc32)cc1. The number of pyridine rings is 1. The molecule has 0 atom stereocenters. The van der Waals surface area contributed by atoms with E-state index in [-0.39, 0.29) is 17.0 Å². The standard InChI is InChI=1S/C23H23N7O4S/c1-35(32,33)19-4-2-17(3-5-19)30-21-20(14-27-30)22(26-15-25-21)34-18-8-12-29(13-9-18)23(31)28-16-6-10-24-11-7-16/h2-7,10-11,14-15,18H,8-9,12-13H2,1H3,(H,24,28,31). The second kappa shape index (κ2) is 9.29. The molecule has 4 heterocycles. The summed E-state index contributed by atoms with van der Waals surface area (Å²) >= 11 is 0. The Morgan fingerprint density at radius 3 is 2.46 bits per heavy atom. The Bertz CT molecular complexity index is 1450. The number of nitrogens with zero attached hydrogens (tertiary/aromatic N) is 6. The van der Waals surface area contributed by atoms with Crippen LogP contribution in [-0.4, -0.2) is 69.5 Å². The van der Waals surface area contributed by atoms with Crippen LogP contribution in [-0.2, 0) is 9.84 Å². The van der Waals surface area contributed by atoms with Gasteiger partial charge in [-0.25, -0.2) is 27.9 Å². The van der Waals surface area contributed by atoms with Gasteiger partial charge in [-0.05, 0) is 36.4 Å². The highest BCUT2D eigenvalue weighted by Gasteiger charge is 2.25. The van der Waals surface area contributed by atoms with E-state index < -0.39 is 9.84 Å². The molecule has 0 saturated carbocycles. The van der Waals surface area contributed by atoms with Crippen LogP contribution in [0.15, 0.2) is 66.2 Å². The zero-order valence-electron chi connectivity index (χ0n) is 18.9. The summed E-state index contributed by atoms with van der Waals surface area (Å²) in [6.45, 7) is 1.11. The van der Waals surface area contributed by atoms with Crippen molar-refractivity contribution in [2.75, 3.05) is 24.7 Å². The van der Waals surface area contributed by atoms with Gasteiger partial charge in [0.05, 0.1) is 16.8 Å². The molecule has 35 heavy (non-hydrogen) atoms. The number of piperidine rings is 1. The third-order valence-corrected chi connectivity index (χ3v) is 6.91. The van der Waals surface area contributed by atoms with Gasteiger partial charge in [-0.3, -0.25) is 4.98 Å². The Hall–Kier alpha value is -4.06. The first kappa shape index (κ1) is 22.7. The fraction of sp³-hybridized carbons (Fsp3) is 0.261. The number of hydrogen-bond donors (Lipinski definition) is 1. The second-order valence-electron chi connectivity index (χ2n) is 8.21. The highest BCUT2D eigenvalue weighted by molar-refractivity contribution is 7.90. The summed E-state index contributed by atoms with van der Waals surface area (Å²) in [5, 5.41) is 7.93. The molecule has 0 aliphatic carbocycles. The van der Waals surface area contributed by atoms with Crippen LogP contribution in [0.2, 0.25) is 0 Å². The normalized spacial score (nSPS) is 14.7. The molecule has 0 unspecified atom stereocenters. The highest BCUT2D eigenvalue weighted by atomic mass is 32.2. The van der Waals surface area contributed by atoms with Gasteiger partial charge in [0, 0.05) is 50.3 Å². The summed E-state index contributed by atoms with van der Waals surface area (Å²) < 4.78 is 31.3. The van der Waals surface area contributed by atoms with Crippen molar-refractivity contribution >= 4 is 32.6 Å². The number of carbonyl (C=O) groups is 1. The van der Waals surface area contributed by atoms with Gasteiger partial charge in [-0.15, -0.1) is 0 Å². The lowest BCUT2D eigenvalue weighted by atomic mass is 10.1. The van der Waals surface area contributed by atoms with Crippen LogP contribution < -0.4 is 10.1 Å². The lowest BCUT2D eigenvalue weighted by Gasteiger charge is -2.32. The van der Waals surface area contributed by atoms with Gasteiger partial charge in [0.2, 0.25) is 5.88 Å². The van der Waals surface area contributed by atoms with E-state index in [9.17, 15) is 13.2 Å². The average molecular weight is 494 g/mol. The molecular formula is C23H23N7O4S. The first-order valence-corrected chi connectivity index (χ1v) is 12.9. The number of carbonyl (C=O) groups excluding carboxylic acids is 1. The zero-order valence-corrected chi connectivity index (χ0v) is 19.7. The van der Waals surface area contributed by atoms with Gasteiger partial charge in [0.25, 0.3) is 0 Å². The Labute approximate surface area is 201 Å². The number of rotatable bonds is 5. The van der Waals surface area contributed by atoms with Gasteiger partial charge < -0.3 is 15.0 Å². The zero-order chi connectivity index (χ0) is 24.4. The number of benzene rings is 1. The second-order valence-corrected chi connectivity index (χ2v) is 10.2. The molecule has 2 amide bonds. The maximum Gasteiger partial charge on any atom is 0.321 e. The van der Waals surface area contributed by atoms with Crippen molar-refractivity contribution in [1.29, 1.82) is 0 Å². The quantitative estimate of drug-likeness (QED) is 0.449. The fourth-order valence-electron chi connectivity index (χ4n) is 3.91. The summed E-state index contributed by atoms with van der Waals surface area (Å²) in [5.74, 6) is 0.425. The molecule has 1 fully saturated rings. The maximum atomic E-state index is 12.5. The number of hydrogen-bond acceptors (Lipinski definition) is 8. The minimum atomic E-state index is -3.29. The molecule has 12 heteroatoms. The molecule has 1 N–H and O–H groups in total. The first-order chi connectivity index (χ1) is 16.9. The molecular weight excluding hydrogens is 470 g/mol. The number of urea groups is 1. The van der Waals surface area contributed by atoms with Crippen molar-refractivity contribution in [1.82, 2.24) is 29.6 Å². The van der Waals surface area contributed by atoms with E-state index in [4.69, 9.17) is 4.74 Å². The van der Waals surface area contributed by atoms with E-state index in [1.165, 1.54) is 24.7 Å². The third kappa shape index (κ3) is 4.92. The van der Waals surface area contributed by atoms with Gasteiger partial charge in [0.1, 0.15) is 17.8 Å². The summed E-state index contributed by atoms with van der Waals surface area (Å²) in [6, 6.07) is 9.77. The van der Waals surface area contributed by atoms with Crippen molar-refractivity contribution in [2.24, 2.45) is 0 Å². The molecule has 1 aliphatic rings. The molecule has 3 aromatic heterocycles. The number of aromatic nitrogens is 5. The predicted octanol–water partition coefficient (Wildman–Crippen LogP) is 2.69. The van der Waals surface area contributed by atoms with Crippen molar-refractivity contribution in [3.8, 4) is 11.6 Å². The van der Waals surface area contributed by atoms with Gasteiger partial charge in [-0.2, -0.15) is 5.10 Å². The molecule has 1 saturated heterocycles. The predicted molar refractivity (Wildman–Crippen MR) is 128 cm³/mol. The summed E-state index contributed by atoms with van der Waals surface area (Å²) in [6.07, 6.45) is 8.70. The molecule has 11 nitrogen and oxygen atoms in total. The van der Waals surface area contributed by atoms with Gasteiger partial charge in [-0.1, -0.05) is 0 Å². The minimum Gasteiger partial charge on any atom is -0.474 e. The summed E-state index contributed by atoms with van der Waals surface area (Å²) in [4.78, 5) is 27.1. The number of nitrogens with one attached hydrogen (secondary N) is 1. The Morgan fingerprint density at radius 1 is 1.06 bits per heavy atom. The molecule has 5 rings (SSSR count). The van der Waals surface area contributed by atoms with E-state index >= 15 is 0 Å². The largest absolute Gasteiger partial charge is 0.474 e. The Balaban J connectivity index is 1.26. The van der Waals surface area contributed by atoms with Crippen molar-refractivity contribution in [3.05, 3.63) is 61.3 Å². The van der Waals surface area contributed by atoms with E-state index in [0.717, 1.165) is 0 Å². The van der Waals surface area contributed by atoms with Crippen LogP contribution in [0.4, 0.5) is 10.5 Å². The molecule has 4 aromatic rings. The summed E-state index contributed by atoms with van der Waals surface area (Å²) in [5.41, 5.74) is 1.93. The van der Waals surface area contributed by atoms with Crippen molar-refractivity contribution < 1.29 is 17.9 Å². The lowest BCUT2D eigenvalue weighted by molar-refractivity contribution is 0.113. The molecule has 180 valence electrons. The van der Waals surface area contributed by atoms with Crippen LogP contribution in [0.1, 0.15) is 12.8 Å². The fourth-order valence-corrected chi connectivity index (χ4v) is 4.54. The van der Waals surface area contributed by atoms with Crippen LogP contribution in [0, 0.1) is 0 Å². The van der Waals surface area contributed by atoms with Crippen LogP contribution in [0.5, 0.6) is 5.88 Å². The molecule has 0 spiro atoms. The van der Waals surface area contributed by atoms with Crippen LogP contribution in [0.25, 0.3) is 16.7 Å². The van der Waals surface area contributed by atoms with Gasteiger partial charge >= 0.3 is 6.03 Å². The molecule has 0 radical (unpaired) electrons. The lowest BCUT2D eigenvalue weighted by Crippen LogP contribution is -2.43. The number of sulfone groups is 1. The van der Waals surface area contributed by atoms with E-state index in [2.05, 4.69) is 25.4 Å². The minimum absolute atomic E-state index is 0.101. The van der Waals surface area contributed by atoms with Crippen molar-refractivity contribution in [3.63, 3.8) is 0 Å². The number of fused-ring (bicyclic) bond motifs is 1. The smallest absolute Gasteiger partial charge is 0.321 e. The van der Waals surface area contributed by atoms with Crippen molar-refractivity contribution in [2.45, 2.75) is 23.8 Å². The molecule has 0 bridgehead atoms. The molecule has 1 aromatic carbocycles. The average Bonchev–Trinajstić information content (AvgIpc) is 3.30. The first-order valence-electron chi connectivity index (χ1n) is 11.0. The van der Waals surface area contributed by atoms with Gasteiger partial charge in [0.15, 0.2) is 15.5 Å². The number of ether oxygens (including phenoxy) is 1. The van der Waals surface area contributed by atoms with Crippen LogP contribution >= 0.6 is 0 Å². The third-order valence-electron chi connectivity index (χ3n) is 5.78. The maximum absolute atomic E-state index is 12.5. The number of likely N-dealkylation sites (tertiary alicyclic amines) is 1. The number of amides is 2. The Morgan fingerprint density at radius 2 is 1.77 bits per heavy atom. The van der Waals surface area contributed by atoms with Crippen LogP contribution in [0.3, 0.4) is 0 Å². The molecule has 1 aliphatic heterocycles. The van der Waals surface area contributed by atoms with E-state index in [1.54, 1.807) is 52.4 Å². The Kier molecular flexibility index (Phi) is 6.03. The monoisotopic (exact) mass is 493 g/mol.